The summed E-state index contributed by atoms with van der Waals surface area (Å²) in [5, 5.41) is 0. The number of nitrogens with zero attached hydrogens (tertiary/aromatic N) is 1. The van der Waals surface area contributed by atoms with Gasteiger partial charge in [0, 0.05) is 10.4 Å². The van der Waals surface area contributed by atoms with Gasteiger partial charge in [-0.15, -0.1) is 0 Å². The third-order valence-electron chi connectivity index (χ3n) is 7.26. The second-order valence-corrected chi connectivity index (χ2v) is 9.42. The lowest BCUT2D eigenvalue weighted by molar-refractivity contribution is -0.132. The van der Waals surface area contributed by atoms with Gasteiger partial charge in [0.1, 0.15) is 5.78 Å². The van der Waals surface area contributed by atoms with Crippen molar-refractivity contribution in [2.24, 2.45) is 11.8 Å². The van der Waals surface area contributed by atoms with Crippen LogP contribution in [-0.4, -0.2) is 17.6 Å². The van der Waals surface area contributed by atoms with Crippen LogP contribution in [0.2, 0.25) is 0 Å². The highest BCUT2D eigenvalue weighted by molar-refractivity contribution is 9.10. The topological polar surface area (TPSA) is 54.5 Å². The van der Waals surface area contributed by atoms with Crippen LogP contribution in [0.4, 0.5) is 5.69 Å². The lowest BCUT2D eigenvalue weighted by Crippen LogP contribution is -2.57. The monoisotopic (exact) mass is 471 g/mol. The first-order chi connectivity index (χ1) is 15.0. The molecule has 2 atom stereocenters. The van der Waals surface area contributed by atoms with E-state index in [0.717, 1.165) is 26.7 Å². The average molecular weight is 472 g/mol. The zero-order chi connectivity index (χ0) is 21.5. The number of carbonyl (C=O) groups is 3. The minimum atomic E-state index is -1.15. The maximum atomic E-state index is 13.9. The van der Waals surface area contributed by atoms with Crippen molar-refractivity contribution in [3.05, 3.63) is 99.5 Å². The van der Waals surface area contributed by atoms with E-state index in [2.05, 4.69) is 15.9 Å². The second kappa shape index (κ2) is 6.24. The largest absolute Gasteiger partial charge is 0.299 e. The number of benzene rings is 3. The molecule has 2 bridgehead atoms. The van der Waals surface area contributed by atoms with E-state index in [4.69, 9.17) is 0 Å². The summed E-state index contributed by atoms with van der Waals surface area (Å²) in [6, 6.07) is 22.8. The molecule has 0 N–H and O–H groups in total. The summed E-state index contributed by atoms with van der Waals surface area (Å²) < 4.78 is 0.868. The van der Waals surface area contributed by atoms with Crippen LogP contribution in [0.15, 0.2) is 77.3 Å². The highest BCUT2D eigenvalue weighted by Gasteiger charge is 2.69. The molecule has 7 rings (SSSR count). The van der Waals surface area contributed by atoms with E-state index in [1.807, 2.05) is 60.7 Å². The van der Waals surface area contributed by atoms with E-state index in [1.54, 1.807) is 19.1 Å². The van der Waals surface area contributed by atoms with Gasteiger partial charge in [0.15, 0.2) is 0 Å². The van der Waals surface area contributed by atoms with Crippen molar-refractivity contribution in [3.63, 3.8) is 0 Å². The quantitative estimate of drug-likeness (QED) is 0.513. The first kappa shape index (κ1) is 18.7. The molecule has 1 heterocycles. The normalized spacial score (nSPS) is 27.7. The van der Waals surface area contributed by atoms with Crippen LogP contribution in [0.5, 0.6) is 0 Å². The molecule has 4 aliphatic rings. The van der Waals surface area contributed by atoms with Gasteiger partial charge in [-0.1, -0.05) is 64.5 Å². The van der Waals surface area contributed by atoms with Crippen LogP contribution in [-0.2, 0) is 19.8 Å². The number of carbonyl (C=O) groups excluding carboxylic acids is 3. The maximum Gasteiger partial charge on any atom is 0.239 e. The lowest BCUT2D eigenvalue weighted by atomic mass is 9.46. The molecule has 1 fully saturated rings. The summed E-state index contributed by atoms with van der Waals surface area (Å²) in [7, 11) is 0. The fraction of sp³-hybridized carbons (Fsp3) is 0.192. The first-order valence-electron chi connectivity index (χ1n) is 10.3. The van der Waals surface area contributed by atoms with Gasteiger partial charge >= 0.3 is 0 Å². The fourth-order valence-electron chi connectivity index (χ4n) is 6.21. The van der Waals surface area contributed by atoms with Gasteiger partial charge in [0.05, 0.1) is 22.9 Å². The summed E-state index contributed by atoms with van der Waals surface area (Å²) >= 11 is 3.41. The van der Waals surface area contributed by atoms with E-state index in [9.17, 15) is 14.4 Å². The van der Waals surface area contributed by atoms with Crippen molar-refractivity contribution < 1.29 is 14.4 Å². The van der Waals surface area contributed by atoms with Gasteiger partial charge in [-0.3, -0.25) is 14.4 Å². The van der Waals surface area contributed by atoms with Crippen molar-refractivity contribution in [2.75, 3.05) is 4.90 Å². The SMILES string of the molecule is CC(=O)C12c3ccccc3C(c3ccccc31)C1C(=O)N(c3ccc(Br)cc3)C(=O)C12. The standard InChI is InChI=1S/C26H18BrNO3/c1-14(29)26-19-8-4-2-6-17(19)21(18-7-3-5-9-20(18)26)22-23(26)25(31)28(24(22)30)16-12-10-15(27)11-13-16/h2-13,21-23H,1H3. The third-order valence-corrected chi connectivity index (χ3v) is 7.79. The van der Waals surface area contributed by atoms with Crippen LogP contribution >= 0.6 is 15.9 Å². The molecule has 5 heteroatoms. The number of Topliss-reactive ketones (excluding diaryl/α,β-unsaturated/α-hetero) is 1. The molecule has 1 aliphatic heterocycles. The first-order valence-corrected chi connectivity index (χ1v) is 11.1. The molecule has 0 radical (unpaired) electrons. The fourth-order valence-corrected chi connectivity index (χ4v) is 6.48. The third kappa shape index (κ3) is 2.12. The molecular formula is C26H18BrNO3. The van der Waals surface area contributed by atoms with Crippen LogP contribution in [0, 0.1) is 11.8 Å². The van der Waals surface area contributed by atoms with Crippen molar-refractivity contribution >= 4 is 39.2 Å². The minimum Gasteiger partial charge on any atom is -0.299 e. The molecule has 3 aromatic rings. The number of anilines is 1. The molecule has 4 nitrogen and oxygen atoms in total. The van der Waals surface area contributed by atoms with E-state index >= 15 is 0 Å². The smallest absolute Gasteiger partial charge is 0.239 e. The molecule has 3 aromatic carbocycles. The Hall–Kier alpha value is -3.05. The van der Waals surface area contributed by atoms with Crippen LogP contribution < -0.4 is 4.90 Å². The second-order valence-electron chi connectivity index (χ2n) is 8.51. The number of ketones is 1. The maximum absolute atomic E-state index is 13.9. The number of amides is 2. The van der Waals surface area contributed by atoms with Gasteiger partial charge < -0.3 is 0 Å². The Kier molecular flexibility index (Phi) is 3.76. The molecule has 0 aromatic heterocycles. The molecule has 0 saturated carbocycles. The highest BCUT2D eigenvalue weighted by Crippen LogP contribution is 2.64. The minimum absolute atomic E-state index is 0.0978. The summed E-state index contributed by atoms with van der Waals surface area (Å²) in [4.78, 5) is 42.5. The molecule has 2 amide bonds. The summed E-state index contributed by atoms with van der Waals surface area (Å²) in [5.74, 6) is -2.19. The van der Waals surface area contributed by atoms with Gasteiger partial charge in [-0.2, -0.15) is 0 Å². The Morgan fingerprint density at radius 3 is 1.94 bits per heavy atom. The van der Waals surface area contributed by atoms with Gasteiger partial charge in [-0.05, 0) is 53.4 Å². The summed E-state index contributed by atoms with van der Waals surface area (Å²) in [6.45, 7) is 1.55. The molecule has 2 unspecified atom stereocenters. The lowest BCUT2D eigenvalue weighted by Gasteiger charge is -2.52. The van der Waals surface area contributed by atoms with Gasteiger partial charge in [0.25, 0.3) is 0 Å². The van der Waals surface area contributed by atoms with E-state index < -0.39 is 17.3 Å². The Morgan fingerprint density at radius 2 is 1.39 bits per heavy atom. The van der Waals surface area contributed by atoms with Crippen LogP contribution in [0.25, 0.3) is 0 Å². The van der Waals surface area contributed by atoms with Crippen molar-refractivity contribution in [1.82, 2.24) is 0 Å². The van der Waals surface area contributed by atoms with Crippen molar-refractivity contribution in [3.8, 4) is 0 Å². The Bertz CT molecular complexity index is 1250. The predicted molar refractivity (Wildman–Crippen MR) is 120 cm³/mol. The Labute approximate surface area is 188 Å². The van der Waals surface area contributed by atoms with Gasteiger partial charge in [-0.25, -0.2) is 4.90 Å². The van der Waals surface area contributed by atoms with E-state index in [1.165, 1.54) is 4.90 Å². The Balaban J connectivity index is 1.67. The Morgan fingerprint density at radius 1 is 0.839 bits per heavy atom. The van der Waals surface area contributed by atoms with Crippen molar-refractivity contribution in [2.45, 2.75) is 18.3 Å². The molecule has 152 valence electrons. The van der Waals surface area contributed by atoms with Crippen LogP contribution in [0.3, 0.4) is 0 Å². The van der Waals surface area contributed by atoms with E-state index in [0.29, 0.717) is 5.69 Å². The number of hydrogen-bond acceptors (Lipinski definition) is 3. The summed E-state index contributed by atoms with van der Waals surface area (Å²) in [6.07, 6.45) is 0. The van der Waals surface area contributed by atoms with E-state index in [-0.39, 0.29) is 23.5 Å². The van der Waals surface area contributed by atoms with Crippen LogP contribution in [0.1, 0.15) is 35.1 Å². The number of rotatable bonds is 2. The van der Waals surface area contributed by atoms with Gasteiger partial charge in [0.2, 0.25) is 11.8 Å². The molecular weight excluding hydrogens is 454 g/mol. The highest BCUT2D eigenvalue weighted by atomic mass is 79.9. The summed E-state index contributed by atoms with van der Waals surface area (Å²) in [5.41, 5.74) is 3.09. The average Bonchev–Trinajstić information content (AvgIpc) is 3.05. The number of hydrogen-bond donors (Lipinski definition) is 0. The zero-order valence-electron chi connectivity index (χ0n) is 16.7. The number of halogens is 1. The predicted octanol–water partition coefficient (Wildman–Crippen LogP) is 4.59. The molecule has 0 spiro atoms. The number of imide groups is 1. The zero-order valence-corrected chi connectivity index (χ0v) is 18.3. The molecule has 1 saturated heterocycles. The van der Waals surface area contributed by atoms with Crippen molar-refractivity contribution in [1.29, 1.82) is 0 Å². The molecule has 31 heavy (non-hydrogen) atoms. The molecule has 3 aliphatic carbocycles.